The molecule has 0 fully saturated rings. The van der Waals surface area contributed by atoms with Gasteiger partial charge in [0.05, 0.1) is 15.5 Å². The number of hydrogen-bond donors (Lipinski definition) is 1. The number of rotatable bonds is 5. The Labute approximate surface area is 149 Å². The highest BCUT2D eigenvalue weighted by molar-refractivity contribution is 7.89. The Hall–Kier alpha value is -2.73. The van der Waals surface area contributed by atoms with Gasteiger partial charge < -0.3 is 0 Å². The van der Waals surface area contributed by atoms with Gasteiger partial charge in [0, 0.05) is 30.7 Å². The standard InChI is InChI=1S/C16H12ClN5O2S/c17-15-9-14(5-4-12(15)10-18)25(23,24)21-11-13-3-1-6-19-16(13)22-8-2-7-20-22/h1-9,21H,11H2. The van der Waals surface area contributed by atoms with Crippen molar-refractivity contribution < 1.29 is 8.42 Å². The molecule has 0 saturated heterocycles. The average molecular weight is 374 g/mol. The Morgan fingerprint density at radius 2 is 2.08 bits per heavy atom. The molecule has 0 bridgehead atoms. The minimum Gasteiger partial charge on any atom is -0.237 e. The summed E-state index contributed by atoms with van der Waals surface area (Å²) in [7, 11) is -3.79. The molecule has 3 aromatic rings. The molecule has 0 saturated carbocycles. The topological polar surface area (TPSA) is 101 Å². The highest BCUT2D eigenvalue weighted by Gasteiger charge is 2.17. The highest BCUT2D eigenvalue weighted by atomic mass is 35.5. The van der Waals surface area contributed by atoms with Crippen molar-refractivity contribution in [3.63, 3.8) is 0 Å². The molecule has 2 heterocycles. The van der Waals surface area contributed by atoms with Crippen molar-refractivity contribution in [1.29, 1.82) is 5.26 Å². The number of sulfonamides is 1. The second kappa shape index (κ2) is 7.03. The van der Waals surface area contributed by atoms with Crippen molar-refractivity contribution in [1.82, 2.24) is 19.5 Å². The lowest BCUT2D eigenvalue weighted by Gasteiger charge is -2.10. The first kappa shape index (κ1) is 17.1. The van der Waals surface area contributed by atoms with Crippen molar-refractivity contribution >= 4 is 21.6 Å². The Balaban J connectivity index is 1.84. The van der Waals surface area contributed by atoms with Gasteiger partial charge in [-0.2, -0.15) is 10.4 Å². The highest BCUT2D eigenvalue weighted by Crippen LogP contribution is 2.20. The van der Waals surface area contributed by atoms with E-state index in [1.54, 1.807) is 41.5 Å². The molecule has 126 valence electrons. The normalized spacial score (nSPS) is 11.2. The number of nitriles is 1. The Bertz CT molecular complexity index is 1040. The van der Waals surface area contributed by atoms with E-state index >= 15 is 0 Å². The molecule has 7 nitrogen and oxygen atoms in total. The van der Waals surface area contributed by atoms with Crippen LogP contribution in [0.1, 0.15) is 11.1 Å². The zero-order valence-corrected chi connectivity index (χ0v) is 14.4. The summed E-state index contributed by atoms with van der Waals surface area (Å²) in [5.41, 5.74) is 0.878. The van der Waals surface area contributed by atoms with Crippen LogP contribution in [-0.2, 0) is 16.6 Å². The van der Waals surface area contributed by atoms with Crippen LogP contribution in [0.5, 0.6) is 0 Å². The van der Waals surface area contributed by atoms with Crippen molar-refractivity contribution in [3.05, 3.63) is 71.1 Å². The maximum atomic E-state index is 12.5. The second-order valence-electron chi connectivity index (χ2n) is 5.01. The first-order valence-electron chi connectivity index (χ1n) is 7.14. The molecular formula is C16H12ClN5O2S. The summed E-state index contributed by atoms with van der Waals surface area (Å²) in [6.07, 6.45) is 4.94. The van der Waals surface area contributed by atoms with E-state index in [9.17, 15) is 8.42 Å². The largest absolute Gasteiger partial charge is 0.240 e. The second-order valence-corrected chi connectivity index (χ2v) is 7.19. The molecule has 0 aliphatic carbocycles. The quantitative estimate of drug-likeness (QED) is 0.739. The third kappa shape index (κ3) is 3.69. The van der Waals surface area contributed by atoms with Crippen molar-refractivity contribution in [2.45, 2.75) is 11.4 Å². The molecule has 0 unspecified atom stereocenters. The molecule has 0 spiro atoms. The van der Waals surface area contributed by atoms with E-state index in [1.807, 2.05) is 6.07 Å². The van der Waals surface area contributed by atoms with Gasteiger partial charge in [-0.25, -0.2) is 22.8 Å². The number of nitrogens with zero attached hydrogens (tertiary/aromatic N) is 4. The zero-order valence-electron chi connectivity index (χ0n) is 12.8. The Morgan fingerprint density at radius 3 is 2.76 bits per heavy atom. The summed E-state index contributed by atoms with van der Waals surface area (Å²) in [5.74, 6) is 0.535. The van der Waals surface area contributed by atoms with E-state index in [0.29, 0.717) is 11.4 Å². The minimum atomic E-state index is -3.79. The van der Waals surface area contributed by atoms with E-state index in [1.165, 1.54) is 18.2 Å². The van der Waals surface area contributed by atoms with Gasteiger partial charge in [-0.1, -0.05) is 17.7 Å². The molecule has 2 aromatic heterocycles. The zero-order chi connectivity index (χ0) is 17.9. The summed E-state index contributed by atoms with van der Waals surface area (Å²) in [6.45, 7) is 0.0307. The number of nitrogens with one attached hydrogen (secondary N) is 1. The van der Waals surface area contributed by atoms with E-state index in [2.05, 4.69) is 14.8 Å². The van der Waals surface area contributed by atoms with Crippen LogP contribution in [0.2, 0.25) is 5.02 Å². The van der Waals surface area contributed by atoms with Crippen molar-refractivity contribution in [2.75, 3.05) is 0 Å². The molecule has 0 aliphatic heterocycles. The van der Waals surface area contributed by atoms with E-state index < -0.39 is 10.0 Å². The molecule has 1 N–H and O–H groups in total. The monoisotopic (exact) mass is 373 g/mol. The first-order valence-corrected chi connectivity index (χ1v) is 9.00. The van der Waals surface area contributed by atoms with Gasteiger partial charge >= 0.3 is 0 Å². The van der Waals surface area contributed by atoms with Gasteiger partial charge in [0.2, 0.25) is 10.0 Å². The van der Waals surface area contributed by atoms with Crippen LogP contribution in [-0.4, -0.2) is 23.2 Å². The maximum absolute atomic E-state index is 12.5. The fourth-order valence-electron chi connectivity index (χ4n) is 2.18. The van der Waals surface area contributed by atoms with Crippen LogP contribution in [0.15, 0.2) is 59.9 Å². The molecular weight excluding hydrogens is 362 g/mol. The van der Waals surface area contributed by atoms with E-state index in [-0.39, 0.29) is 22.0 Å². The van der Waals surface area contributed by atoms with Gasteiger partial charge in [-0.3, -0.25) is 0 Å². The van der Waals surface area contributed by atoms with Gasteiger partial charge in [-0.05, 0) is 30.3 Å². The lowest BCUT2D eigenvalue weighted by atomic mass is 10.2. The third-order valence-electron chi connectivity index (χ3n) is 3.41. The molecule has 3 rings (SSSR count). The van der Waals surface area contributed by atoms with E-state index in [0.717, 1.165) is 0 Å². The average Bonchev–Trinajstić information content (AvgIpc) is 3.14. The summed E-state index contributed by atoms with van der Waals surface area (Å²) in [4.78, 5) is 4.23. The van der Waals surface area contributed by atoms with Crippen LogP contribution < -0.4 is 4.72 Å². The Morgan fingerprint density at radius 1 is 1.24 bits per heavy atom. The van der Waals surface area contributed by atoms with Crippen LogP contribution >= 0.6 is 11.6 Å². The van der Waals surface area contributed by atoms with Crippen molar-refractivity contribution in [2.24, 2.45) is 0 Å². The molecule has 9 heteroatoms. The number of benzene rings is 1. The SMILES string of the molecule is N#Cc1ccc(S(=O)(=O)NCc2cccnc2-n2cccn2)cc1Cl. The summed E-state index contributed by atoms with van der Waals surface area (Å²) in [6, 6.07) is 11.1. The van der Waals surface area contributed by atoms with Gasteiger partial charge in [0.15, 0.2) is 5.82 Å². The molecule has 1 aromatic carbocycles. The van der Waals surface area contributed by atoms with Gasteiger partial charge in [-0.15, -0.1) is 0 Å². The molecule has 25 heavy (non-hydrogen) atoms. The van der Waals surface area contributed by atoms with Crippen LogP contribution in [0.25, 0.3) is 5.82 Å². The van der Waals surface area contributed by atoms with Gasteiger partial charge in [0.25, 0.3) is 0 Å². The van der Waals surface area contributed by atoms with E-state index in [4.69, 9.17) is 16.9 Å². The number of aromatic nitrogens is 3. The van der Waals surface area contributed by atoms with Crippen LogP contribution in [0.3, 0.4) is 0 Å². The minimum absolute atomic E-state index is 0.0129. The van der Waals surface area contributed by atoms with Crippen LogP contribution in [0.4, 0.5) is 0 Å². The number of halogens is 1. The summed E-state index contributed by atoms with van der Waals surface area (Å²) >= 11 is 5.91. The Kier molecular flexibility index (Phi) is 4.81. The molecule has 0 aliphatic rings. The molecule has 0 radical (unpaired) electrons. The summed E-state index contributed by atoms with van der Waals surface area (Å²) in [5, 5.41) is 13.1. The first-order chi connectivity index (χ1) is 12.0. The summed E-state index contributed by atoms with van der Waals surface area (Å²) < 4.78 is 29.0. The van der Waals surface area contributed by atoms with Crippen molar-refractivity contribution in [3.8, 4) is 11.9 Å². The number of pyridine rings is 1. The maximum Gasteiger partial charge on any atom is 0.240 e. The predicted molar refractivity (Wildman–Crippen MR) is 91.6 cm³/mol. The fourth-order valence-corrected chi connectivity index (χ4v) is 3.50. The third-order valence-corrected chi connectivity index (χ3v) is 5.12. The lowest BCUT2D eigenvalue weighted by molar-refractivity contribution is 0.581. The number of hydrogen-bond acceptors (Lipinski definition) is 5. The lowest BCUT2D eigenvalue weighted by Crippen LogP contribution is -2.24. The van der Waals surface area contributed by atoms with Gasteiger partial charge in [0.1, 0.15) is 6.07 Å². The molecule has 0 amide bonds. The van der Waals surface area contributed by atoms with Crippen LogP contribution in [0, 0.1) is 11.3 Å². The molecule has 0 atom stereocenters. The smallest absolute Gasteiger partial charge is 0.237 e. The predicted octanol–water partition coefficient (Wildman–Crippen LogP) is 2.27. The fraction of sp³-hybridized carbons (Fsp3) is 0.0625.